The normalized spacial score (nSPS) is 12.0. The molecule has 1 aromatic rings. The van der Waals surface area contributed by atoms with Gasteiger partial charge in [0.25, 0.3) is 0 Å². The number of aryl methyl sites for hydroxylation is 1. The van der Waals surface area contributed by atoms with Gasteiger partial charge in [-0.1, -0.05) is 6.07 Å². The number of carboxylic acid groups (broad SMARTS) is 1. The highest BCUT2D eigenvalue weighted by Gasteiger charge is 2.20. The number of carbonyl (C=O) groups is 2. The van der Waals surface area contributed by atoms with Crippen molar-refractivity contribution in [1.29, 1.82) is 0 Å². The summed E-state index contributed by atoms with van der Waals surface area (Å²) in [6, 6.07) is 2.73. The molecule has 0 aliphatic heterocycles. The molecule has 1 atom stereocenters. The zero-order valence-electron chi connectivity index (χ0n) is 11.4. The SMILES string of the molecule is CC(C(=O)O)N(C)C(=O)CCCc1ccc(F)c(F)c1. The van der Waals surface area contributed by atoms with Gasteiger partial charge in [-0.2, -0.15) is 0 Å². The van der Waals surface area contributed by atoms with E-state index >= 15 is 0 Å². The van der Waals surface area contributed by atoms with E-state index in [9.17, 15) is 18.4 Å². The van der Waals surface area contributed by atoms with Gasteiger partial charge in [0.15, 0.2) is 11.6 Å². The Morgan fingerprint density at radius 1 is 1.30 bits per heavy atom. The van der Waals surface area contributed by atoms with Crippen LogP contribution in [0.1, 0.15) is 25.3 Å². The zero-order chi connectivity index (χ0) is 15.3. The van der Waals surface area contributed by atoms with Crippen LogP contribution >= 0.6 is 0 Å². The maximum atomic E-state index is 13.0. The molecule has 0 heterocycles. The maximum absolute atomic E-state index is 13.0. The van der Waals surface area contributed by atoms with Crippen molar-refractivity contribution in [2.75, 3.05) is 7.05 Å². The van der Waals surface area contributed by atoms with Gasteiger partial charge in [0.1, 0.15) is 6.04 Å². The van der Waals surface area contributed by atoms with Gasteiger partial charge in [0.2, 0.25) is 5.91 Å². The fourth-order valence-corrected chi connectivity index (χ4v) is 1.70. The van der Waals surface area contributed by atoms with E-state index in [1.807, 2.05) is 0 Å². The molecule has 20 heavy (non-hydrogen) atoms. The van der Waals surface area contributed by atoms with Gasteiger partial charge in [-0.25, -0.2) is 13.6 Å². The summed E-state index contributed by atoms with van der Waals surface area (Å²) in [5, 5.41) is 8.79. The molecule has 0 spiro atoms. The summed E-state index contributed by atoms with van der Waals surface area (Å²) in [5.41, 5.74) is 0.602. The number of hydrogen-bond acceptors (Lipinski definition) is 2. The van der Waals surface area contributed by atoms with Crippen LogP contribution in [0.5, 0.6) is 0 Å². The first-order valence-corrected chi connectivity index (χ1v) is 6.25. The van der Waals surface area contributed by atoms with E-state index in [0.29, 0.717) is 18.4 Å². The lowest BCUT2D eigenvalue weighted by molar-refractivity contribution is -0.148. The molecule has 1 unspecified atom stereocenters. The van der Waals surface area contributed by atoms with Crippen LogP contribution in [0, 0.1) is 11.6 Å². The molecular weight excluding hydrogens is 268 g/mol. The first kappa shape index (κ1) is 16.1. The Morgan fingerprint density at radius 3 is 2.50 bits per heavy atom. The van der Waals surface area contributed by atoms with Crippen molar-refractivity contribution in [3.8, 4) is 0 Å². The number of nitrogens with zero attached hydrogens (tertiary/aromatic N) is 1. The molecule has 0 fully saturated rings. The molecule has 1 rings (SSSR count). The molecular formula is C14H17F2NO3. The Kier molecular flexibility index (Phi) is 5.61. The van der Waals surface area contributed by atoms with Crippen molar-refractivity contribution in [2.24, 2.45) is 0 Å². The summed E-state index contributed by atoms with van der Waals surface area (Å²) in [7, 11) is 1.43. The fraction of sp³-hybridized carbons (Fsp3) is 0.429. The predicted octanol–water partition coefficient (Wildman–Crippen LogP) is 2.22. The van der Waals surface area contributed by atoms with Crippen molar-refractivity contribution < 1.29 is 23.5 Å². The van der Waals surface area contributed by atoms with E-state index in [2.05, 4.69) is 0 Å². The highest BCUT2D eigenvalue weighted by atomic mass is 19.2. The average molecular weight is 285 g/mol. The number of likely N-dealkylation sites (N-methyl/N-ethyl adjacent to an activating group) is 1. The van der Waals surface area contributed by atoms with Crippen LogP contribution in [0.3, 0.4) is 0 Å². The minimum atomic E-state index is -1.07. The van der Waals surface area contributed by atoms with E-state index in [0.717, 1.165) is 17.0 Å². The topological polar surface area (TPSA) is 57.6 Å². The van der Waals surface area contributed by atoms with Crippen LogP contribution in [-0.4, -0.2) is 35.0 Å². The Morgan fingerprint density at radius 2 is 1.95 bits per heavy atom. The summed E-state index contributed by atoms with van der Waals surface area (Å²) in [5.74, 6) is -3.17. The van der Waals surface area contributed by atoms with Crippen LogP contribution in [0.4, 0.5) is 8.78 Å². The highest BCUT2D eigenvalue weighted by Crippen LogP contribution is 2.12. The third-order valence-electron chi connectivity index (χ3n) is 3.17. The summed E-state index contributed by atoms with van der Waals surface area (Å²) in [6.07, 6.45) is 1.03. The lowest BCUT2D eigenvalue weighted by Crippen LogP contribution is -2.40. The standard InChI is InChI=1S/C14H17F2NO3/c1-9(14(19)20)17(2)13(18)5-3-4-10-6-7-11(15)12(16)8-10/h6-9H,3-5H2,1-2H3,(H,19,20). The van der Waals surface area contributed by atoms with Crippen molar-refractivity contribution in [3.05, 3.63) is 35.4 Å². The van der Waals surface area contributed by atoms with Gasteiger partial charge < -0.3 is 10.0 Å². The zero-order valence-corrected chi connectivity index (χ0v) is 11.4. The van der Waals surface area contributed by atoms with E-state index in [-0.39, 0.29) is 12.3 Å². The molecule has 0 saturated heterocycles. The molecule has 4 nitrogen and oxygen atoms in total. The molecule has 110 valence electrons. The Labute approximate surface area is 116 Å². The number of carboxylic acids is 1. The highest BCUT2D eigenvalue weighted by molar-refractivity contribution is 5.83. The Balaban J connectivity index is 2.45. The molecule has 0 aromatic heterocycles. The first-order chi connectivity index (χ1) is 9.32. The van der Waals surface area contributed by atoms with Crippen LogP contribution in [0.25, 0.3) is 0 Å². The molecule has 6 heteroatoms. The average Bonchev–Trinajstić information content (AvgIpc) is 2.40. The molecule has 1 N–H and O–H groups in total. The second-order valence-corrected chi connectivity index (χ2v) is 4.62. The second-order valence-electron chi connectivity index (χ2n) is 4.62. The molecule has 0 radical (unpaired) electrons. The lowest BCUT2D eigenvalue weighted by Gasteiger charge is -2.21. The van der Waals surface area contributed by atoms with E-state index in [1.165, 1.54) is 20.0 Å². The van der Waals surface area contributed by atoms with Gasteiger partial charge in [0.05, 0.1) is 0 Å². The number of rotatable bonds is 6. The summed E-state index contributed by atoms with van der Waals surface area (Å²) in [6.45, 7) is 1.43. The summed E-state index contributed by atoms with van der Waals surface area (Å²) < 4.78 is 25.7. The van der Waals surface area contributed by atoms with Gasteiger partial charge in [-0.05, 0) is 37.5 Å². The number of benzene rings is 1. The van der Waals surface area contributed by atoms with E-state index in [4.69, 9.17) is 5.11 Å². The monoisotopic (exact) mass is 285 g/mol. The summed E-state index contributed by atoms with van der Waals surface area (Å²) in [4.78, 5) is 23.6. The molecule has 1 amide bonds. The van der Waals surface area contributed by atoms with E-state index < -0.39 is 23.6 Å². The van der Waals surface area contributed by atoms with Gasteiger partial charge in [-0.3, -0.25) is 4.79 Å². The number of halogens is 2. The third kappa shape index (κ3) is 4.29. The largest absolute Gasteiger partial charge is 0.480 e. The number of amides is 1. The van der Waals surface area contributed by atoms with Crippen molar-refractivity contribution in [1.82, 2.24) is 4.90 Å². The Hall–Kier alpha value is -1.98. The van der Waals surface area contributed by atoms with Crippen molar-refractivity contribution >= 4 is 11.9 Å². The van der Waals surface area contributed by atoms with Gasteiger partial charge in [-0.15, -0.1) is 0 Å². The lowest BCUT2D eigenvalue weighted by atomic mass is 10.1. The summed E-state index contributed by atoms with van der Waals surface area (Å²) >= 11 is 0. The van der Waals surface area contributed by atoms with Crippen molar-refractivity contribution in [2.45, 2.75) is 32.2 Å². The molecule has 0 aliphatic carbocycles. The number of hydrogen-bond donors (Lipinski definition) is 1. The predicted molar refractivity (Wildman–Crippen MR) is 69.2 cm³/mol. The maximum Gasteiger partial charge on any atom is 0.326 e. The van der Waals surface area contributed by atoms with Gasteiger partial charge >= 0.3 is 5.97 Å². The molecule has 0 aliphatic rings. The minimum absolute atomic E-state index is 0.160. The number of aliphatic carboxylic acids is 1. The number of carbonyl (C=O) groups excluding carboxylic acids is 1. The quantitative estimate of drug-likeness (QED) is 0.872. The van der Waals surface area contributed by atoms with Crippen LogP contribution in [-0.2, 0) is 16.0 Å². The molecule has 0 saturated carbocycles. The van der Waals surface area contributed by atoms with E-state index in [1.54, 1.807) is 0 Å². The van der Waals surface area contributed by atoms with Crippen molar-refractivity contribution in [3.63, 3.8) is 0 Å². The first-order valence-electron chi connectivity index (χ1n) is 6.25. The van der Waals surface area contributed by atoms with Crippen LogP contribution in [0.2, 0.25) is 0 Å². The van der Waals surface area contributed by atoms with Gasteiger partial charge in [0, 0.05) is 13.5 Å². The van der Waals surface area contributed by atoms with Crippen LogP contribution < -0.4 is 0 Å². The fourth-order valence-electron chi connectivity index (χ4n) is 1.70. The third-order valence-corrected chi connectivity index (χ3v) is 3.17. The molecule has 0 bridgehead atoms. The smallest absolute Gasteiger partial charge is 0.326 e. The van der Waals surface area contributed by atoms with Crippen LogP contribution in [0.15, 0.2) is 18.2 Å². The second kappa shape index (κ2) is 6.98. The Bertz CT molecular complexity index is 505. The minimum Gasteiger partial charge on any atom is -0.480 e. The molecule has 1 aromatic carbocycles.